The fraction of sp³-hybridized carbons (Fsp3) is 0.286. The molecule has 7 heteroatoms. The zero-order valence-corrected chi connectivity index (χ0v) is 16.9. The summed E-state index contributed by atoms with van der Waals surface area (Å²) in [6.45, 7) is 2.86. The summed E-state index contributed by atoms with van der Waals surface area (Å²) in [4.78, 5) is 29.5. The lowest BCUT2D eigenvalue weighted by atomic mass is 10.1. The molecule has 0 aliphatic heterocycles. The Kier molecular flexibility index (Phi) is 6.49. The van der Waals surface area contributed by atoms with Gasteiger partial charge >= 0.3 is 5.97 Å². The SMILES string of the molecule is COCCn1c(SCc2ccc(C)cc2)nc2cc(C(=O)OC)ccc2c1=O. The molecule has 2 aromatic carbocycles. The largest absolute Gasteiger partial charge is 0.465 e. The van der Waals surface area contributed by atoms with Crippen LogP contribution in [0.3, 0.4) is 0 Å². The third-order valence-electron chi connectivity index (χ3n) is 4.35. The average Bonchev–Trinajstić information content (AvgIpc) is 2.72. The minimum absolute atomic E-state index is 0.148. The third-order valence-corrected chi connectivity index (χ3v) is 5.40. The first kappa shape index (κ1) is 20.1. The number of aryl methyl sites for hydroxylation is 1. The summed E-state index contributed by atoms with van der Waals surface area (Å²) < 4.78 is 11.5. The molecule has 146 valence electrons. The molecule has 0 N–H and O–H groups in total. The molecule has 0 aliphatic rings. The molecule has 6 nitrogen and oxygen atoms in total. The van der Waals surface area contributed by atoms with Gasteiger partial charge in [0.25, 0.3) is 5.56 Å². The van der Waals surface area contributed by atoms with E-state index < -0.39 is 5.97 Å². The Morgan fingerprint density at radius 2 is 1.89 bits per heavy atom. The maximum absolute atomic E-state index is 13.0. The molecule has 0 spiro atoms. The van der Waals surface area contributed by atoms with Crippen molar-refractivity contribution in [1.82, 2.24) is 9.55 Å². The van der Waals surface area contributed by atoms with Gasteiger partial charge < -0.3 is 9.47 Å². The molecule has 0 unspecified atom stereocenters. The molecule has 0 fully saturated rings. The molecule has 0 aliphatic carbocycles. The number of carbonyl (C=O) groups is 1. The van der Waals surface area contributed by atoms with Crippen molar-refractivity contribution in [3.05, 3.63) is 69.5 Å². The van der Waals surface area contributed by atoms with Crippen molar-refractivity contribution in [3.8, 4) is 0 Å². The van der Waals surface area contributed by atoms with Gasteiger partial charge in [0.05, 0.1) is 36.7 Å². The summed E-state index contributed by atoms with van der Waals surface area (Å²) in [6.07, 6.45) is 0. The number of hydrogen-bond acceptors (Lipinski definition) is 6. The van der Waals surface area contributed by atoms with Crippen LogP contribution in [0.25, 0.3) is 10.9 Å². The monoisotopic (exact) mass is 398 g/mol. The van der Waals surface area contributed by atoms with Crippen LogP contribution in [0.1, 0.15) is 21.5 Å². The summed E-state index contributed by atoms with van der Waals surface area (Å²) >= 11 is 1.49. The van der Waals surface area contributed by atoms with E-state index in [4.69, 9.17) is 9.47 Å². The van der Waals surface area contributed by atoms with Gasteiger partial charge in [-0.3, -0.25) is 9.36 Å². The van der Waals surface area contributed by atoms with E-state index in [1.54, 1.807) is 29.9 Å². The third kappa shape index (κ3) is 4.43. The average molecular weight is 398 g/mol. The molecular weight excluding hydrogens is 376 g/mol. The Morgan fingerprint density at radius 1 is 1.14 bits per heavy atom. The zero-order chi connectivity index (χ0) is 20.1. The minimum atomic E-state index is -0.457. The van der Waals surface area contributed by atoms with Gasteiger partial charge in [0.2, 0.25) is 0 Å². The van der Waals surface area contributed by atoms with Gasteiger partial charge in [0.15, 0.2) is 5.16 Å². The van der Waals surface area contributed by atoms with Gasteiger partial charge in [-0.15, -0.1) is 0 Å². The van der Waals surface area contributed by atoms with E-state index in [0.717, 1.165) is 5.56 Å². The number of aromatic nitrogens is 2. The summed E-state index contributed by atoms with van der Waals surface area (Å²) in [5.41, 5.74) is 3.04. The van der Waals surface area contributed by atoms with Crippen LogP contribution < -0.4 is 5.56 Å². The number of thioether (sulfide) groups is 1. The maximum Gasteiger partial charge on any atom is 0.337 e. The van der Waals surface area contributed by atoms with Crippen molar-refractivity contribution in [1.29, 1.82) is 0 Å². The lowest BCUT2D eigenvalue weighted by molar-refractivity contribution is 0.0601. The lowest BCUT2D eigenvalue weighted by Crippen LogP contribution is -2.25. The van der Waals surface area contributed by atoms with E-state index >= 15 is 0 Å². The topological polar surface area (TPSA) is 70.4 Å². The standard InChI is InChI=1S/C21H22N2O4S/c1-14-4-6-15(7-5-14)13-28-21-22-18-12-16(20(25)27-3)8-9-17(18)19(24)23(21)10-11-26-2/h4-9,12H,10-11,13H2,1-3H3. The number of nitrogens with zero attached hydrogens (tertiary/aromatic N) is 2. The van der Waals surface area contributed by atoms with Crippen LogP contribution in [0.4, 0.5) is 0 Å². The fourth-order valence-electron chi connectivity index (χ4n) is 2.77. The van der Waals surface area contributed by atoms with Crippen molar-refractivity contribution in [2.75, 3.05) is 20.8 Å². The van der Waals surface area contributed by atoms with Gasteiger partial charge in [-0.1, -0.05) is 41.6 Å². The van der Waals surface area contributed by atoms with Gasteiger partial charge in [0.1, 0.15) is 0 Å². The van der Waals surface area contributed by atoms with E-state index in [-0.39, 0.29) is 5.56 Å². The second-order valence-corrected chi connectivity index (χ2v) is 7.28. The Hall–Kier alpha value is -2.64. The Bertz CT molecular complexity index is 1040. The number of benzene rings is 2. The van der Waals surface area contributed by atoms with Crippen molar-refractivity contribution in [3.63, 3.8) is 0 Å². The van der Waals surface area contributed by atoms with E-state index in [1.165, 1.54) is 24.4 Å². The molecule has 0 radical (unpaired) electrons. The first-order valence-corrected chi connectivity index (χ1v) is 9.82. The highest BCUT2D eigenvalue weighted by molar-refractivity contribution is 7.98. The first-order valence-electron chi connectivity index (χ1n) is 8.83. The lowest BCUT2D eigenvalue weighted by Gasteiger charge is -2.13. The Morgan fingerprint density at radius 3 is 2.57 bits per heavy atom. The molecule has 1 aromatic heterocycles. The van der Waals surface area contributed by atoms with Crippen molar-refractivity contribution in [2.45, 2.75) is 24.4 Å². The number of fused-ring (bicyclic) bond motifs is 1. The predicted octanol–water partition coefficient (Wildman–Crippen LogP) is 3.43. The van der Waals surface area contributed by atoms with Crippen LogP contribution in [0.2, 0.25) is 0 Å². The quantitative estimate of drug-likeness (QED) is 0.345. The van der Waals surface area contributed by atoms with Crippen molar-refractivity contribution < 1.29 is 14.3 Å². The number of hydrogen-bond donors (Lipinski definition) is 0. The summed E-state index contributed by atoms with van der Waals surface area (Å²) in [5, 5.41) is 1.06. The highest BCUT2D eigenvalue weighted by atomic mass is 32.2. The second kappa shape index (κ2) is 9.03. The summed E-state index contributed by atoms with van der Waals surface area (Å²) in [5.74, 6) is 0.225. The van der Waals surface area contributed by atoms with E-state index in [0.29, 0.717) is 40.5 Å². The second-order valence-electron chi connectivity index (χ2n) is 6.34. The van der Waals surface area contributed by atoms with Gasteiger partial charge in [0, 0.05) is 12.9 Å². The van der Waals surface area contributed by atoms with E-state index in [1.807, 2.05) is 6.92 Å². The Labute approximate surface area is 167 Å². The molecular formula is C21H22N2O4S. The predicted molar refractivity (Wildman–Crippen MR) is 110 cm³/mol. The van der Waals surface area contributed by atoms with Crippen LogP contribution in [0.5, 0.6) is 0 Å². The highest BCUT2D eigenvalue weighted by Crippen LogP contribution is 2.23. The van der Waals surface area contributed by atoms with Crippen LogP contribution in [0, 0.1) is 6.92 Å². The van der Waals surface area contributed by atoms with Crippen LogP contribution in [0.15, 0.2) is 52.4 Å². The molecule has 0 saturated heterocycles. The van der Waals surface area contributed by atoms with Crippen molar-refractivity contribution in [2.24, 2.45) is 0 Å². The Balaban J connectivity index is 2.01. The van der Waals surface area contributed by atoms with Gasteiger partial charge in [-0.2, -0.15) is 0 Å². The highest BCUT2D eigenvalue weighted by Gasteiger charge is 2.14. The molecule has 3 aromatic rings. The van der Waals surface area contributed by atoms with Gasteiger partial charge in [-0.25, -0.2) is 9.78 Å². The van der Waals surface area contributed by atoms with Crippen molar-refractivity contribution >= 4 is 28.6 Å². The van der Waals surface area contributed by atoms with Crippen LogP contribution in [-0.2, 0) is 21.8 Å². The van der Waals surface area contributed by atoms with Crippen LogP contribution in [-0.4, -0.2) is 36.3 Å². The van der Waals surface area contributed by atoms with E-state index in [9.17, 15) is 9.59 Å². The molecule has 1 heterocycles. The number of methoxy groups -OCH3 is 2. The molecule has 28 heavy (non-hydrogen) atoms. The molecule has 0 saturated carbocycles. The molecule has 0 bridgehead atoms. The molecule has 3 rings (SSSR count). The number of rotatable bonds is 7. The molecule has 0 atom stereocenters. The normalized spacial score (nSPS) is 11.0. The number of carbonyl (C=O) groups excluding carboxylic acids is 1. The minimum Gasteiger partial charge on any atom is -0.465 e. The first-order chi connectivity index (χ1) is 13.5. The number of esters is 1. The van der Waals surface area contributed by atoms with Gasteiger partial charge in [-0.05, 0) is 30.7 Å². The summed E-state index contributed by atoms with van der Waals surface area (Å²) in [7, 11) is 2.92. The zero-order valence-electron chi connectivity index (χ0n) is 16.1. The maximum atomic E-state index is 13.0. The fourth-order valence-corrected chi connectivity index (χ4v) is 3.75. The molecule has 0 amide bonds. The summed E-state index contributed by atoms with van der Waals surface area (Å²) in [6, 6.07) is 13.0. The van der Waals surface area contributed by atoms with Crippen LogP contribution >= 0.6 is 11.8 Å². The number of ether oxygens (including phenoxy) is 2. The van der Waals surface area contributed by atoms with E-state index in [2.05, 4.69) is 29.2 Å². The smallest absolute Gasteiger partial charge is 0.337 e.